The van der Waals surface area contributed by atoms with E-state index in [2.05, 4.69) is 6.07 Å². The molecule has 0 radical (unpaired) electrons. The number of alkyl halides is 1. The molecule has 1 aromatic carbocycles. The van der Waals surface area contributed by atoms with Crippen LogP contribution in [0.15, 0.2) is 77.2 Å². The monoisotopic (exact) mass is 744 g/mol. The summed E-state index contributed by atoms with van der Waals surface area (Å²) in [5, 5.41) is 9.94. The number of fused-ring (bicyclic) bond motifs is 3. The Balaban J connectivity index is 1.60. The molecule has 1 aromatic rings. The molecule has 3 aliphatic heterocycles. The predicted molar refractivity (Wildman–Crippen MR) is 173 cm³/mol. The Hall–Kier alpha value is -4.07. The van der Waals surface area contributed by atoms with Crippen molar-refractivity contribution in [1.82, 2.24) is 14.7 Å². The fourth-order valence-corrected chi connectivity index (χ4v) is 6.32. The lowest BCUT2D eigenvalue weighted by molar-refractivity contribution is -0.134. The van der Waals surface area contributed by atoms with E-state index in [0.717, 1.165) is 32.3 Å². The Morgan fingerprint density at radius 2 is 1.82 bits per heavy atom. The van der Waals surface area contributed by atoms with Crippen molar-refractivity contribution in [1.29, 1.82) is 5.26 Å². The van der Waals surface area contributed by atoms with Crippen LogP contribution in [0, 0.1) is 11.3 Å². The molecule has 1 fully saturated rings. The lowest BCUT2D eigenvalue weighted by Crippen LogP contribution is -2.52. The van der Waals surface area contributed by atoms with Gasteiger partial charge in [0.25, 0.3) is 11.8 Å². The van der Waals surface area contributed by atoms with Gasteiger partial charge >= 0.3 is 6.03 Å². The second-order valence-corrected chi connectivity index (χ2v) is 13.5. The summed E-state index contributed by atoms with van der Waals surface area (Å²) in [4.78, 5) is 54.7. The predicted octanol–water partition coefficient (Wildman–Crippen LogP) is 3.25. The number of rotatable bonds is 9. The van der Waals surface area contributed by atoms with Crippen LogP contribution in [-0.2, 0) is 36.5 Å². The number of nitrogens with zero attached hydrogens (tertiary/aromatic N) is 5. The van der Waals surface area contributed by atoms with Crippen LogP contribution >= 0.6 is 22.6 Å². The molecule has 12 nitrogen and oxygen atoms in total. The number of barbiturate groups is 1. The number of halogens is 1. The van der Waals surface area contributed by atoms with Gasteiger partial charge in [-0.15, -0.1) is 0 Å². The average molecular weight is 745 g/mol. The highest BCUT2D eigenvalue weighted by Gasteiger charge is 2.41. The van der Waals surface area contributed by atoms with E-state index in [-0.39, 0.29) is 35.4 Å². The zero-order valence-corrected chi connectivity index (χ0v) is 28.1. The zero-order chi connectivity index (χ0) is 33.3. The maximum Gasteiger partial charge on any atom is 0.333 e. The van der Waals surface area contributed by atoms with Crippen LogP contribution in [0.5, 0.6) is 0 Å². The van der Waals surface area contributed by atoms with Crippen molar-refractivity contribution in [2.24, 2.45) is 0 Å². The minimum atomic E-state index is -4.37. The quantitative estimate of drug-likeness (QED) is 0.0923. The number of carbonyl (C=O) groups is 4. The second-order valence-electron chi connectivity index (χ2n) is 11.2. The Morgan fingerprint density at radius 3 is 2.42 bits per heavy atom. The maximum absolute atomic E-state index is 12.6. The summed E-state index contributed by atoms with van der Waals surface area (Å²) in [6, 6.07) is 7.32. The number of benzene rings is 1. The molecular formula is C31H31IN5O7S-. The summed E-state index contributed by atoms with van der Waals surface area (Å²) in [7, 11) is -1.80. The van der Waals surface area contributed by atoms with E-state index in [0.29, 0.717) is 11.1 Å². The first-order chi connectivity index (χ1) is 21.1. The minimum absolute atomic E-state index is 0.0539. The third kappa shape index (κ3) is 6.95. The number of hydrogen-bond donors (Lipinski definition) is 0. The Morgan fingerprint density at radius 1 is 1.16 bits per heavy atom. The molecule has 0 saturated carbocycles. The lowest BCUT2D eigenvalue weighted by atomic mass is 9.82. The van der Waals surface area contributed by atoms with Gasteiger partial charge in [0, 0.05) is 55.9 Å². The molecule has 0 atom stereocenters. The van der Waals surface area contributed by atoms with Crippen LogP contribution in [0.4, 0.5) is 10.5 Å². The number of anilines is 1. The van der Waals surface area contributed by atoms with E-state index >= 15 is 0 Å². The highest BCUT2D eigenvalue weighted by atomic mass is 127. The van der Waals surface area contributed by atoms with E-state index < -0.39 is 39.1 Å². The lowest BCUT2D eigenvalue weighted by Gasteiger charge is -2.28. The van der Waals surface area contributed by atoms with Gasteiger partial charge in [-0.2, -0.15) is 5.26 Å². The zero-order valence-electron chi connectivity index (χ0n) is 25.1. The van der Waals surface area contributed by atoms with Crippen molar-refractivity contribution in [3.05, 3.63) is 88.3 Å². The van der Waals surface area contributed by atoms with E-state index in [1.807, 2.05) is 71.8 Å². The molecule has 3 heterocycles. The summed E-state index contributed by atoms with van der Waals surface area (Å²) in [5.41, 5.74) is 3.92. The summed E-state index contributed by atoms with van der Waals surface area (Å²) in [6.07, 6.45) is 9.84. The van der Waals surface area contributed by atoms with Gasteiger partial charge in [-0.1, -0.05) is 54.6 Å². The van der Waals surface area contributed by atoms with Gasteiger partial charge < -0.3 is 14.4 Å². The molecule has 0 N–H and O–H groups in total. The van der Waals surface area contributed by atoms with E-state index in [4.69, 9.17) is 0 Å². The number of allylic oxidation sites excluding steroid dienone is 8. The van der Waals surface area contributed by atoms with Crippen molar-refractivity contribution in [2.75, 3.05) is 35.7 Å². The third-order valence-electron chi connectivity index (χ3n) is 7.85. The Bertz CT molecular complexity index is 1760. The molecule has 0 spiro atoms. The fourth-order valence-electron chi connectivity index (χ4n) is 5.35. The molecule has 0 aliphatic carbocycles. The summed E-state index contributed by atoms with van der Waals surface area (Å²) >= 11 is 1.96. The number of likely N-dealkylation sites (N-methyl/N-ethyl adjacent to an activating group) is 2. The summed E-state index contributed by atoms with van der Waals surface area (Å²) in [6.45, 7) is 4.50. The summed E-state index contributed by atoms with van der Waals surface area (Å²) < 4.78 is 33.4. The highest BCUT2D eigenvalue weighted by Crippen LogP contribution is 2.50. The SMILES string of the molecule is CN1C(=O)C(=C/C=C/C(C#N)=C2/C=CN3C(=C2)C(C)(C)c2cc(CN(CCCS(=O)(=O)[O-])C(=O)CI)ccc23)C(=O)N(C)C1=O. The Labute approximate surface area is 275 Å². The molecule has 3 aliphatic rings. The maximum atomic E-state index is 12.6. The molecule has 1 saturated heterocycles. The van der Waals surface area contributed by atoms with Gasteiger partial charge in [-0.3, -0.25) is 24.2 Å². The molecule has 0 unspecified atom stereocenters. The first-order valence-corrected chi connectivity index (χ1v) is 16.9. The van der Waals surface area contributed by atoms with Crippen molar-refractivity contribution < 1.29 is 32.1 Å². The Kier molecular flexibility index (Phi) is 9.85. The molecule has 0 aromatic heterocycles. The van der Waals surface area contributed by atoms with Crippen molar-refractivity contribution in [3.63, 3.8) is 0 Å². The molecular weight excluding hydrogens is 713 g/mol. The molecule has 14 heteroatoms. The van der Waals surface area contributed by atoms with E-state index in [9.17, 15) is 37.4 Å². The van der Waals surface area contributed by atoms with Gasteiger partial charge in [0.05, 0.1) is 26.2 Å². The highest BCUT2D eigenvalue weighted by molar-refractivity contribution is 14.1. The topological polar surface area (TPSA) is 162 Å². The van der Waals surface area contributed by atoms with Gasteiger partial charge in [0.2, 0.25) is 5.91 Å². The van der Waals surface area contributed by atoms with Crippen LogP contribution in [0.1, 0.15) is 31.4 Å². The van der Waals surface area contributed by atoms with Crippen LogP contribution < -0.4 is 4.90 Å². The number of imide groups is 2. The largest absolute Gasteiger partial charge is 0.748 e. The van der Waals surface area contributed by atoms with Crippen molar-refractivity contribution >= 4 is 62.1 Å². The number of amides is 5. The number of nitriles is 1. The van der Waals surface area contributed by atoms with Crippen LogP contribution in [0.2, 0.25) is 0 Å². The van der Waals surface area contributed by atoms with Gasteiger partial charge in [-0.25, -0.2) is 13.2 Å². The molecule has 4 rings (SSSR count). The molecule has 5 amide bonds. The molecule has 45 heavy (non-hydrogen) atoms. The smallest absolute Gasteiger partial charge is 0.333 e. The minimum Gasteiger partial charge on any atom is -0.748 e. The van der Waals surface area contributed by atoms with Crippen LogP contribution in [0.3, 0.4) is 0 Å². The first kappa shape index (κ1) is 33.8. The first-order valence-electron chi connectivity index (χ1n) is 13.8. The summed E-state index contributed by atoms with van der Waals surface area (Å²) in [5.74, 6) is -2.15. The van der Waals surface area contributed by atoms with Crippen molar-refractivity contribution in [3.8, 4) is 6.07 Å². The normalized spacial score (nSPS) is 18.6. The fraction of sp³-hybridized carbons (Fsp3) is 0.323. The average Bonchev–Trinajstić information content (AvgIpc) is 3.22. The number of carbonyl (C=O) groups excluding carboxylic acids is 4. The van der Waals surface area contributed by atoms with Gasteiger partial charge in [0.15, 0.2) is 0 Å². The standard InChI is InChI=1S/C31H32IN5O7S/c1-31(2)24-15-20(19-36(27(38)17-32)12-6-14-45(42,43)44)9-10-25(24)37-13-11-21(16-26(31)37)22(18-33)7-5-8-23-28(39)34(3)30(41)35(4)29(23)40/h5,7-11,13,15-16H,6,12,14,17,19H2,1-4H3,(H,42,43,44)/p-1/b7-5+,22-21+. The second kappa shape index (κ2) is 13.1. The third-order valence-corrected chi connectivity index (χ3v) is 9.29. The molecule has 0 bridgehead atoms. The van der Waals surface area contributed by atoms with Crippen LogP contribution in [-0.4, -0.2) is 82.2 Å². The van der Waals surface area contributed by atoms with Gasteiger partial charge in [0.1, 0.15) is 5.57 Å². The van der Waals surface area contributed by atoms with E-state index in [1.165, 1.54) is 32.3 Å². The van der Waals surface area contributed by atoms with Crippen LogP contribution in [0.25, 0.3) is 0 Å². The number of urea groups is 1. The van der Waals surface area contributed by atoms with Gasteiger partial charge in [-0.05, 0) is 53.5 Å². The number of hydrogen-bond acceptors (Lipinski definition) is 9. The molecule has 236 valence electrons. The van der Waals surface area contributed by atoms with E-state index in [1.54, 1.807) is 11.0 Å². The van der Waals surface area contributed by atoms with Crippen molar-refractivity contribution in [2.45, 2.75) is 32.2 Å².